The first kappa shape index (κ1) is 13.6. The Labute approximate surface area is 115 Å². The van der Waals surface area contributed by atoms with Crippen molar-refractivity contribution in [1.29, 1.82) is 0 Å². The summed E-state index contributed by atoms with van der Waals surface area (Å²) in [4.78, 5) is 11.8. The molecule has 1 aromatic carbocycles. The van der Waals surface area contributed by atoms with E-state index < -0.39 is 5.82 Å². The maximum atomic E-state index is 13.0. The van der Waals surface area contributed by atoms with Gasteiger partial charge in [-0.1, -0.05) is 18.0 Å². The van der Waals surface area contributed by atoms with Crippen LogP contribution in [0.3, 0.4) is 0 Å². The summed E-state index contributed by atoms with van der Waals surface area (Å²) in [6.45, 7) is 0.558. The molecule has 1 aliphatic carbocycles. The highest BCUT2D eigenvalue weighted by atomic mass is 35.5. The van der Waals surface area contributed by atoms with Gasteiger partial charge in [-0.3, -0.25) is 4.79 Å². The zero-order valence-corrected chi connectivity index (χ0v) is 11.3. The third-order valence-electron chi connectivity index (χ3n) is 3.27. The summed E-state index contributed by atoms with van der Waals surface area (Å²) in [7, 11) is 0. The molecular formula is C13H14Cl2FNO. The average Bonchev–Trinajstić information content (AvgIpc) is 2.75. The molecule has 2 unspecified atom stereocenters. The molecule has 1 fully saturated rings. The molecular weight excluding hydrogens is 276 g/mol. The fourth-order valence-electron chi connectivity index (χ4n) is 2.18. The number of rotatable bonds is 3. The van der Waals surface area contributed by atoms with Gasteiger partial charge in [-0.25, -0.2) is 4.39 Å². The van der Waals surface area contributed by atoms with E-state index in [1.165, 1.54) is 18.2 Å². The van der Waals surface area contributed by atoms with Gasteiger partial charge in [0.15, 0.2) is 0 Å². The molecule has 1 N–H and O–H groups in total. The SMILES string of the molecule is O=C(NCC1CCCC1Cl)c1ccc(F)c(Cl)c1. The van der Waals surface area contributed by atoms with E-state index in [-0.39, 0.29) is 16.3 Å². The second-order valence-corrected chi connectivity index (χ2v) is 5.51. The Kier molecular flexibility index (Phi) is 4.46. The highest BCUT2D eigenvalue weighted by Crippen LogP contribution is 2.29. The summed E-state index contributed by atoms with van der Waals surface area (Å²) < 4.78 is 13.0. The second kappa shape index (κ2) is 5.89. The van der Waals surface area contributed by atoms with Crippen LogP contribution in [0.25, 0.3) is 0 Å². The van der Waals surface area contributed by atoms with Crippen LogP contribution in [-0.4, -0.2) is 17.8 Å². The third kappa shape index (κ3) is 3.15. The lowest BCUT2D eigenvalue weighted by Gasteiger charge is -2.14. The Hall–Kier alpha value is -0.800. The molecule has 5 heteroatoms. The Morgan fingerprint density at radius 1 is 1.44 bits per heavy atom. The summed E-state index contributed by atoms with van der Waals surface area (Å²) in [6, 6.07) is 3.94. The van der Waals surface area contributed by atoms with Crippen LogP contribution in [0.2, 0.25) is 5.02 Å². The maximum absolute atomic E-state index is 13.0. The molecule has 0 spiro atoms. The zero-order chi connectivity index (χ0) is 13.1. The molecule has 1 aromatic rings. The number of hydrogen-bond acceptors (Lipinski definition) is 1. The van der Waals surface area contributed by atoms with Gasteiger partial charge in [-0.15, -0.1) is 11.6 Å². The van der Waals surface area contributed by atoms with Crippen LogP contribution in [0.15, 0.2) is 18.2 Å². The summed E-state index contributed by atoms with van der Waals surface area (Å²) in [6.07, 6.45) is 3.15. The van der Waals surface area contributed by atoms with E-state index in [4.69, 9.17) is 23.2 Å². The number of nitrogens with one attached hydrogen (secondary N) is 1. The summed E-state index contributed by atoms with van der Waals surface area (Å²) in [5.74, 6) is -0.441. The van der Waals surface area contributed by atoms with E-state index in [9.17, 15) is 9.18 Å². The molecule has 0 bridgehead atoms. The molecule has 0 saturated heterocycles. The zero-order valence-electron chi connectivity index (χ0n) is 9.76. The van der Waals surface area contributed by atoms with Crippen molar-refractivity contribution in [3.63, 3.8) is 0 Å². The molecule has 1 aliphatic rings. The number of carbonyl (C=O) groups is 1. The first-order valence-electron chi connectivity index (χ1n) is 5.95. The normalized spacial score (nSPS) is 23.1. The lowest BCUT2D eigenvalue weighted by molar-refractivity contribution is 0.0947. The largest absolute Gasteiger partial charge is 0.352 e. The van der Waals surface area contributed by atoms with Crippen molar-refractivity contribution in [2.45, 2.75) is 24.6 Å². The van der Waals surface area contributed by atoms with Gasteiger partial charge in [-0.2, -0.15) is 0 Å². The first-order chi connectivity index (χ1) is 8.58. The Morgan fingerprint density at radius 3 is 2.83 bits per heavy atom. The fourth-order valence-corrected chi connectivity index (χ4v) is 2.73. The Bertz CT molecular complexity index is 453. The topological polar surface area (TPSA) is 29.1 Å². The van der Waals surface area contributed by atoms with E-state index in [1.807, 2.05) is 0 Å². The Morgan fingerprint density at radius 2 is 2.22 bits per heavy atom. The molecule has 18 heavy (non-hydrogen) atoms. The van der Waals surface area contributed by atoms with Gasteiger partial charge in [0, 0.05) is 17.5 Å². The predicted octanol–water partition coefficient (Wildman–Crippen LogP) is 3.62. The average molecular weight is 290 g/mol. The van der Waals surface area contributed by atoms with Crippen molar-refractivity contribution in [2.24, 2.45) is 5.92 Å². The molecule has 0 aliphatic heterocycles. The number of carbonyl (C=O) groups excluding carboxylic acids is 1. The van der Waals surface area contributed by atoms with Crippen LogP contribution >= 0.6 is 23.2 Å². The van der Waals surface area contributed by atoms with Crippen molar-refractivity contribution in [2.75, 3.05) is 6.54 Å². The third-order valence-corrected chi connectivity index (χ3v) is 4.14. The lowest BCUT2D eigenvalue weighted by Crippen LogP contribution is -2.31. The minimum absolute atomic E-state index is 0.0428. The van der Waals surface area contributed by atoms with Crippen LogP contribution in [-0.2, 0) is 0 Å². The van der Waals surface area contributed by atoms with E-state index in [2.05, 4.69) is 5.32 Å². The quantitative estimate of drug-likeness (QED) is 0.846. The van der Waals surface area contributed by atoms with Gasteiger partial charge >= 0.3 is 0 Å². The molecule has 1 amide bonds. The monoisotopic (exact) mass is 289 g/mol. The van der Waals surface area contributed by atoms with Crippen molar-refractivity contribution in [3.8, 4) is 0 Å². The van der Waals surface area contributed by atoms with Crippen LogP contribution in [0.4, 0.5) is 4.39 Å². The summed E-state index contributed by atoms with van der Waals surface area (Å²) >= 11 is 11.8. The molecule has 0 aromatic heterocycles. The summed E-state index contributed by atoms with van der Waals surface area (Å²) in [5, 5.41) is 2.91. The first-order valence-corrected chi connectivity index (χ1v) is 6.76. The van der Waals surface area contributed by atoms with E-state index in [0.717, 1.165) is 19.3 Å². The van der Waals surface area contributed by atoms with Gasteiger partial charge in [0.1, 0.15) is 5.82 Å². The number of alkyl halides is 1. The molecule has 2 atom stereocenters. The smallest absolute Gasteiger partial charge is 0.251 e. The van der Waals surface area contributed by atoms with Crippen LogP contribution in [0.1, 0.15) is 29.6 Å². The van der Waals surface area contributed by atoms with Gasteiger partial charge in [0.05, 0.1) is 5.02 Å². The van der Waals surface area contributed by atoms with Crippen LogP contribution in [0, 0.1) is 11.7 Å². The predicted molar refractivity (Wildman–Crippen MR) is 70.7 cm³/mol. The lowest BCUT2D eigenvalue weighted by atomic mass is 10.1. The van der Waals surface area contributed by atoms with Crippen molar-refractivity contribution >= 4 is 29.1 Å². The highest BCUT2D eigenvalue weighted by molar-refractivity contribution is 6.31. The van der Waals surface area contributed by atoms with Crippen molar-refractivity contribution < 1.29 is 9.18 Å². The maximum Gasteiger partial charge on any atom is 0.251 e. The fraction of sp³-hybridized carbons (Fsp3) is 0.462. The highest BCUT2D eigenvalue weighted by Gasteiger charge is 2.25. The minimum Gasteiger partial charge on any atom is -0.352 e. The number of amides is 1. The van der Waals surface area contributed by atoms with Gasteiger partial charge in [0.25, 0.3) is 5.91 Å². The number of benzene rings is 1. The molecule has 0 heterocycles. The minimum atomic E-state index is -0.523. The number of halogens is 3. The Balaban J connectivity index is 1.93. The molecule has 0 radical (unpaired) electrons. The van der Waals surface area contributed by atoms with E-state index in [0.29, 0.717) is 18.0 Å². The van der Waals surface area contributed by atoms with Crippen LogP contribution < -0.4 is 5.32 Å². The van der Waals surface area contributed by atoms with Gasteiger partial charge in [-0.05, 0) is 37.0 Å². The standard InChI is InChI=1S/C13H14Cl2FNO/c14-10-3-1-2-9(10)7-17-13(18)8-4-5-12(16)11(15)6-8/h4-6,9-10H,1-3,7H2,(H,17,18). The van der Waals surface area contributed by atoms with Crippen LogP contribution in [0.5, 0.6) is 0 Å². The van der Waals surface area contributed by atoms with Gasteiger partial charge in [0.2, 0.25) is 0 Å². The molecule has 98 valence electrons. The number of hydrogen-bond donors (Lipinski definition) is 1. The van der Waals surface area contributed by atoms with Crippen molar-refractivity contribution in [3.05, 3.63) is 34.6 Å². The van der Waals surface area contributed by atoms with E-state index in [1.54, 1.807) is 0 Å². The molecule has 2 rings (SSSR count). The molecule has 2 nitrogen and oxygen atoms in total. The second-order valence-electron chi connectivity index (χ2n) is 4.55. The van der Waals surface area contributed by atoms with Crippen molar-refractivity contribution in [1.82, 2.24) is 5.32 Å². The van der Waals surface area contributed by atoms with Gasteiger partial charge < -0.3 is 5.32 Å². The summed E-state index contributed by atoms with van der Waals surface area (Å²) in [5.41, 5.74) is 0.366. The molecule has 1 saturated carbocycles. The van der Waals surface area contributed by atoms with E-state index >= 15 is 0 Å².